The molecule has 10 heteroatoms. The summed E-state index contributed by atoms with van der Waals surface area (Å²) in [5, 5.41) is 1.15. The first-order chi connectivity index (χ1) is 18.2. The van der Waals surface area contributed by atoms with Crippen LogP contribution in [-0.2, 0) is 16.6 Å². The highest BCUT2D eigenvalue weighted by molar-refractivity contribution is 7.92. The number of anilines is 2. The molecular formula is C28H23ClN4O3S2. The molecular weight excluding hydrogens is 540 g/mol. The Bertz CT molecular complexity index is 1720. The summed E-state index contributed by atoms with van der Waals surface area (Å²) in [5.74, 6) is -0.266. The number of nitrogens with one attached hydrogen (secondary N) is 1. The number of carbonyl (C=O) groups is 1. The third kappa shape index (κ3) is 5.55. The molecule has 7 nitrogen and oxygen atoms in total. The molecule has 2 aromatic heterocycles. The number of nitrogens with zero attached hydrogens (tertiary/aromatic N) is 3. The smallest absolute Gasteiger partial charge is 0.261 e. The number of hydrogen-bond acceptors (Lipinski definition) is 6. The van der Waals surface area contributed by atoms with Gasteiger partial charge < -0.3 is 0 Å². The fourth-order valence-electron chi connectivity index (χ4n) is 3.92. The van der Waals surface area contributed by atoms with Crippen LogP contribution in [0.1, 0.15) is 27.0 Å². The number of carbonyl (C=O) groups excluding carboxylic acids is 1. The van der Waals surface area contributed by atoms with Gasteiger partial charge in [-0.25, -0.2) is 13.4 Å². The maximum atomic E-state index is 13.7. The lowest BCUT2D eigenvalue weighted by Gasteiger charge is -2.20. The van der Waals surface area contributed by atoms with E-state index in [0.717, 1.165) is 26.9 Å². The maximum absolute atomic E-state index is 13.7. The van der Waals surface area contributed by atoms with Crippen LogP contribution in [0.15, 0.2) is 90.1 Å². The van der Waals surface area contributed by atoms with E-state index in [1.165, 1.54) is 11.3 Å². The molecule has 0 radical (unpaired) electrons. The molecule has 2 heterocycles. The van der Waals surface area contributed by atoms with Gasteiger partial charge in [-0.1, -0.05) is 40.6 Å². The molecule has 0 spiro atoms. The van der Waals surface area contributed by atoms with E-state index in [2.05, 4.69) is 9.71 Å². The average Bonchev–Trinajstić information content (AvgIpc) is 3.32. The minimum Gasteiger partial charge on any atom is -0.280 e. The number of benzene rings is 3. The Hall–Kier alpha value is -3.79. The number of aromatic nitrogens is 2. The van der Waals surface area contributed by atoms with Crippen molar-refractivity contribution in [3.63, 3.8) is 0 Å². The first kappa shape index (κ1) is 25.8. The molecule has 0 atom stereocenters. The minimum absolute atomic E-state index is 0.165. The Morgan fingerprint density at radius 3 is 2.34 bits per heavy atom. The van der Waals surface area contributed by atoms with E-state index in [1.54, 1.807) is 65.8 Å². The summed E-state index contributed by atoms with van der Waals surface area (Å²) in [6.45, 7) is 4.11. The van der Waals surface area contributed by atoms with Gasteiger partial charge in [0.25, 0.3) is 15.9 Å². The van der Waals surface area contributed by atoms with Gasteiger partial charge in [-0.05, 0) is 85.6 Å². The summed E-state index contributed by atoms with van der Waals surface area (Å²) in [4.78, 5) is 24.3. The fourth-order valence-corrected chi connectivity index (χ4v) is 6.40. The second-order valence-corrected chi connectivity index (χ2v) is 11.9. The molecule has 0 unspecified atom stereocenters. The molecule has 3 aromatic carbocycles. The predicted molar refractivity (Wildman–Crippen MR) is 153 cm³/mol. The monoisotopic (exact) mass is 562 g/mol. The first-order valence-corrected chi connectivity index (χ1v) is 14.3. The molecule has 0 aliphatic heterocycles. The molecule has 0 fully saturated rings. The first-order valence-electron chi connectivity index (χ1n) is 11.7. The van der Waals surface area contributed by atoms with Gasteiger partial charge in [0.05, 0.1) is 21.7 Å². The van der Waals surface area contributed by atoms with Gasteiger partial charge in [0.15, 0.2) is 5.13 Å². The molecule has 0 saturated heterocycles. The average molecular weight is 563 g/mol. The number of amides is 1. The zero-order valence-electron chi connectivity index (χ0n) is 20.6. The summed E-state index contributed by atoms with van der Waals surface area (Å²) in [6, 6.07) is 20.3. The minimum atomic E-state index is -3.76. The Labute approximate surface area is 229 Å². The van der Waals surface area contributed by atoms with Gasteiger partial charge in [0.2, 0.25) is 0 Å². The number of halogens is 1. The highest BCUT2D eigenvalue weighted by Crippen LogP contribution is 2.34. The van der Waals surface area contributed by atoms with Gasteiger partial charge in [-0.15, -0.1) is 0 Å². The lowest BCUT2D eigenvalue weighted by molar-refractivity contribution is 0.0985. The molecule has 0 aliphatic rings. The SMILES string of the molecule is Cc1ccc(S(=O)(=O)Nc2ccc(C(=O)N(Cc3ccncc3)c3nc4c(C)cc(Cl)cc4s3)cc2)cc1. The van der Waals surface area contributed by atoms with Gasteiger partial charge >= 0.3 is 0 Å². The van der Waals surface area contributed by atoms with Crippen molar-refractivity contribution in [3.05, 3.63) is 112 Å². The quantitative estimate of drug-likeness (QED) is 0.241. The third-order valence-electron chi connectivity index (χ3n) is 5.92. The van der Waals surface area contributed by atoms with Crippen LogP contribution in [0.4, 0.5) is 10.8 Å². The van der Waals surface area contributed by atoms with Crippen LogP contribution in [0.3, 0.4) is 0 Å². The summed E-state index contributed by atoms with van der Waals surface area (Å²) >= 11 is 7.64. The second-order valence-electron chi connectivity index (χ2n) is 8.81. The Morgan fingerprint density at radius 2 is 1.66 bits per heavy atom. The Morgan fingerprint density at radius 1 is 0.974 bits per heavy atom. The number of thiazole rings is 1. The Kier molecular flexibility index (Phi) is 7.16. The zero-order valence-corrected chi connectivity index (χ0v) is 22.9. The van der Waals surface area contributed by atoms with Gasteiger partial charge in [0.1, 0.15) is 0 Å². The van der Waals surface area contributed by atoms with Gasteiger partial charge in [0, 0.05) is 28.7 Å². The zero-order chi connectivity index (χ0) is 26.9. The van der Waals surface area contributed by atoms with Crippen LogP contribution >= 0.6 is 22.9 Å². The standard InChI is InChI=1S/C28H23ClN4O3S2/c1-18-3-9-24(10-4-18)38(35,36)32-23-7-5-21(6-8-23)27(34)33(17-20-11-13-30-14-12-20)28-31-26-19(2)15-22(29)16-25(26)37-28/h3-16,32H,17H2,1-2H3. The molecule has 0 aliphatic carbocycles. The van der Waals surface area contributed by atoms with Crippen molar-refractivity contribution in [1.29, 1.82) is 0 Å². The number of fused-ring (bicyclic) bond motifs is 1. The van der Waals surface area contributed by atoms with Crippen LogP contribution in [0.2, 0.25) is 5.02 Å². The molecule has 5 rings (SSSR count). The molecule has 38 heavy (non-hydrogen) atoms. The molecule has 0 bridgehead atoms. The summed E-state index contributed by atoms with van der Waals surface area (Å²) < 4.78 is 29.0. The number of hydrogen-bond donors (Lipinski definition) is 1. The molecule has 0 saturated carbocycles. The van der Waals surface area contributed by atoms with E-state index in [4.69, 9.17) is 16.6 Å². The number of aryl methyl sites for hydroxylation is 2. The van der Waals surface area contributed by atoms with E-state index >= 15 is 0 Å². The largest absolute Gasteiger partial charge is 0.280 e. The molecule has 192 valence electrons. The van der Waals surface area contributed by atoms with Crippen LogP contribution in [0.5, 0.6) is 0 Å². The van der Waals surface area contributed by atoms with Crippen molar-refractivity contribution in [3.8, 4) is 0 Å². The number of sulfonamides is 1. The number of pyridine rings is 1. The van der Waals surface area contributed by atoms with Gasteiger partial charge in [-0.3, -0.25) is 19.4 Å². The Balaban J connectivity index is 1.44. The predicted octanol–water partition coefficient (Wildman–Crippen LogP) is 6.61. The van der Waals surface area contributed by atoms with Crippen molar-refractivity contribution in [2.24, 2.45) is 0 Å². The van der Waals surface area contributed by atoms with Crippen molar-refractivity contribution >= 4 is 59.9 Å². The topological polar surface area (TPSA) is 92.3 Å². The second kappa shape index (κ2) is 10.5. The lowest BCUT2D eigenvalue weighted by Crippen LogP contribution is -2.30. The highest BCUT2D eigenvalue weighted by atomic mass is 35.5. The van der Waals surface area contributed by atoms with E-state index in [1.807, 2.05) is 38.1 Å². The fraction of sp³-hybridized carbons (Fsp3) is 0.107. The van der Waals surface area contributed by atoms with E-state index in [-0.39, 0.29) is 17.3 Å². The highest BCUT2D eigenvalue weighted by Gasteiger charge is 2.23. The summed E-state index contributed by atoms with van der Waals surface area (Å²) in [7, 11) is -3.76. The van der Waals surface area contributed by atoms with E-state index < -0.39 is 10.0 Å². The van der Waals surface area contributed by atoms with Crippen molar-refractivity contribution < 1.29 is 13.2 Å². The van der Waals surface area contributed by atoms with Crippen molar-refractivity contribution in [2.75, 3.05) is 9.62 Å². The van der Waals surface area contributed by atoms with Crippen LogP contribution < -0.4 is 9.62 Å². The van der Waals surface area contributed by atoms with Crippen LogP contribution in [0, 0.1) is 13.8 Å². The summed E-state index contributed by atoms with van der Waals surface area (Å²) in [5.41, 5.74) is 4.33. The molecule has 1 amide bonds. The van der Waals surface area contributed by atoms with Crippen molar-refractivity contribution in [2.45, 2.75) is 25.3 Å². The van der Waals surface area contributed by atoms with Gasteiger partial charge in [-0.2, -0.15) is 0 Å². The summed E-state index contributed by atoms with van der Waals surface area (Å²) in [6.07, 6.45) is 3.35. The van der Waals surface area contributed by atoms with Crippen LogP contribution in [-0.4, -0.2) is 24.3 Å². The number of rotatable bonds is 7. The molecule has 5 aromatic rings. The molecule has 1 N–H and O–H groups in total. The normalized spacial score (nSPS) is 11.4. The lowest BCUT2D eigenvalue weighted by atomic mass is 10.1. The van der Waals surface area contributed by atoms with E-state index in [9.17, 15) is 13.2 Å². The van der Waals surface area contributed by atoms with E-state index in [0.29, 0.717) is 21.4 Å². The maximum Gasteiger partial charge on any atom is 0.261 e. The van der Waals surface area contributed by atoms with Crippen molar-refractivity contribution in [1.82, 2.24) is 9.97 Å². The third-order valence-corrected chi connectivity index (χ3v) is 8.56. The van der Waals surface area contributed by atoms with Crippen LogP contribution in [0.25, 0.3) is 10.2 Å².